The molecule has 0 radical (unpaired) electrons. The molecule has 3 rings (SSSR count). The number of benzene rings is 1. The van der Waals surface area contributed by atoms with Gasteiger partial charge in [0.2, 0.25) is 0 Å². The van der Waals surface area contributed by atoms with E-state index in [1.54, 1.807) is 23.5 Å². The fourth-order valence-corrected chi connectivity index (χ4v) is 3.21. The van der Waals surface area contributed by atoms with Crippen molar-refractivity contribution in [2.45, 2.75) is 33.4 Å². The number of ether oxygens (including phenoxy) is 1. The van der Waals surface area contributed by atoms with Gasteiger partial charge in [-0.15, -0.1) is 11.3 Å². The first-order chi connectivity index (χ1) is 12.0. The molecule has 0 unspecified atom stereocenters. The van der Waals surface area contributed by atoms with Gasteiger partial charge in [0.25, 0.3) is 5.91 Å². The molecule has 1 amide bonds. The van der Waals surface area contributed by atoms with Crippen LogP contribution in [0.15, 0.2) is 46.3 Å². The zero-order valence-corrected chi connectivity index (χ0v) is 15.2. The molecule has 0 aliphatic carbocycles. The van der Waals surface area contributed by atoms with E-state index in [0.29, 0.717) is 17.9 Å². The van der Waals surface area contributed by atoms with E-state index in [0.717, 1.165) is 21.9 Å². The zero-order valence-electron chi connectivity index (χ0n) is 14.4. The van der Waals surface area contributed by atoms with Crippen LogP contribution in [0.3, 0.4) is 0 Å². The summed E-state index contributed by atoms with van der Waals surface area (Å²) in [6.07, 6.45) is 0. The molecule has 1 aromatic carbocycles. The van der Waals surface area contributed by atoms with Crippen molar-refractivity contribution in [3.8, 4) is 5.75 Å². The topological polar surface area (TPSA) is 64.4 Å². The quantitative estimate of drug-likeness (QED) is 0.710. The predicted octanol–water partition coefficient (Wildman–Crippen LogP) is 4.42. The van der Waals surface area contributed by atoms with E-state index in [-0.39, 0.29) is 11.9 Å². The summed E-state index contributed by atoms with van der Waals surface area (Å²) in [5.74, 6) is 1.26. The van der Waals surface area contributed by atoms with Crippen LogP contribution in [0.4, 0.5) is 0 Å². The molecule has 1 N–H and O–H groups in total. The van der Waals surface area contributed by atoms with Crippen LogP contribution in [-0.2, 0) is 6.61 Å². The smallest absolute Gasteiger partial charge is 0.251 e. The maximum Gasteiger partial charge on any atom is 0.251 e. The molecule has 0 aliphatic heterocycles. The van der Waals surface area contributed by atoms with Crippen molar-refractivity contribution in [3.05, 3.63) is 69.2 Å². The van der Waals surface area contributed by atoms with E-state index in [2.05, 4.69) is 10.5 Å². The summed E-state index contributed by atoms with van der Waals surface area (Å²) in [5, 5.41) is 8.92. The van der Waals surface area contributed by atoms with Crippen LogP contribution in [0.1, 0.15) is 45.2 Å². The molecular weight excluding hydrogens is 336 g/mol. The van der Waals surface area contributed by atoms with Gasteiger partial charge in [-0.05, 0) is 50.4 Å². The Bertz CT molecular complexity index is 836. The number of amides is 1. The Hall–Kier alpha value is -2.60. The number of carbonyl (C=O) groups excluding carboxylic acids is 1. The number of nitrogens with one attached hydrogen (secondary N) is 1. The first-order valence-electron chi connectivity index (χ1n) is 8.03. The highest BCUT2D eigenvalue weighted by Crippen LogP contribution is 2.21. The standard InChI is InChI=1S/C19H20N2O3S/c1-12-17(14(3)24-21-12)11-23-16-7-4-6-15(10-16)19(22)20-13(2)18-8-5-9-25-18/h4-10,13H,11H2,1-3H3,(H,20,22)/t13-/m0/s1. The second kappa shape index (κ2) is 7.53. The number of rotatable bonds is 6. The third-order valence-electron chi connectivity index (χ3n) is 3.98. The van der Waals surface area contributed by atoms with Crippen LogP contribution in [0.25, 0.3) is 0 Å². The van der Waals surface area contributed by atoms with Crippen molar-refractivity contribution < 1.29 is 14.1 Å². The van der Waals surface area contributed by atoms with Gasteiger partial charge in [0, 0.05) is 10.4 Å². The molecule has 0 fully saturated rings. The van der Waals surface area contributed by atoms with E-state index in [9.17, 15) is 4.79 Å². The first-order valence-corrected chi connectivity index (χ1v) is 8.91. The number of hydrogen-bond acceptors (Lipinski definition) is 5. The lowest BCUT2D eigenvalue weighted by Crippen LogP contribution is -2.26. The summed E-state index contributed by atoms with van der Waals surface area (Å²) in [7, 11) is 0. The lowest BCUT2D eigenvalue weighted by atomic mass is 10.1. The lowest BCUT2D eigenvalue weighted by Gasteiger charge is -2.13. The predicted molar refractivity (Wildman–Crippen MR) is 97.0 cm³/mol. The molecule has 25 heavy (non-hydrogen) atoms. The van der Waals surface area contributed by atoms with Crippen LogP contribution in [0.2, 0.25) is 0 Å². The van der Waals surface area contributed by atoms with Gasteiger partial charge in [0.05, 0.1) is 17.3 Å². The molecule has 6 heteroatoms. The summed E-state index contributed by atoms with van der Waals surface area (Å²) in [5.41, 5.74) is 2.32. The molecule has 0 bridgehead atoms. The Labute approximate surface area is 150 Å². The number of aromatic nitrogens is 1. The number of hydrogen-bond donors (Lipinski definition) is 1. The summed E-state index contributed by atoms with van der Waals surface area (Å²) in [4.78, 5) is 13.6. The van der Waals surface area contributed by atoms with Crippen molar-refractivity contribution in [3.63, 3.8) is 0 Å². The van der Waals surface area contributed by atoms with Crippen molar-refractivity contribution in [1.82, 2.24) is 10.5 Å². The molecule has 2 aromatic heterocycles. The highest BCUT2D eigenvalue weighted by Gasteiger charge is 2.14. The Balaban J connectivity index is 1.65. The second-order valence-electron chi connectivity index (χ2n) is 5.83. The Morgan fingerprint density at radius 2 is 2.16 bits per heavy atom. The fraction of sp³-hybridized carbons (Fsp3) is 0.263. The zero-order chi connectivity index (χ0) is 17.8. The van der Waals surface area contributed by atoms with Gasteiger partial charge in [-0.2, -0.15) is 0 Å². The molecule has 0 spiro atoms. The van der Waals surface area contributed by atoms with Crippen molar-refractivity contribution in [2.24, 2.45) is 0 Å². The largest absolute Gasteiger partial charge is 0.489 e. The summed E-state index contributed by atoms with van der Waals surface area (Å²) in [6.45, 7) is 6.07. The average Bonchev–Trinajstić information content (AvgIpc) is 3.24. The van der Waals surface area contributed by atoms with Gasteiger partial charge in [0.15, 0.2) is 0 Å². The Morgan fingerprint density at radius 1 is 1.32 bits per heavy atom. The van der Waals surface area contributed by atoms with Gasteiger partial charge in [-0.1, -0.05) is 17.3 Å². The number of carbonyl (C=O) groups is 1. The highest BCUT2D eigenvalue weighted by atomic mass is 32.1. The minimum atomic E-state index is -0.122. The maximum absolute atomic E-state index is 12.5. The van der Waals surface area contributed by atoms with Crippen LogP contribution in [-0.4, -0.2) is 11.1 Å². The van der Waals surface area contributed by atoms with Crippen LogP contribution in [0, 0.1) is 13.8 Å². The lowest BCUT2D eigenvalue weighted by molar-refractivity contribution is 0.0940. The van der Waals surface area contributed by atoms with E-state index in [4.69, 9.17) is 9.26 Å². The van der Waals surface area contributed by atoms with Crippen molar-refractivity contribution >= 4 is 17.2 Å². The molecule has 3 aromatic rings. The molecule has 5 nitrogen and oxygen atoms in total. The van der Waals surface area contributed by atoms with E-state index < -0.39 is 0 Å². The molecule has 1 atom stereocenters. The first kappa shape index (κ1) is 17.2. The monoisotopic (exact) mass is 356 g/mol. The Kier molecular flexibility index (Phi) is 5.19. The third-order valence-corrected chi connectivity index (χ3v) is 5.03. The van der Waals surface area contributed by atoms with Gasteiger partial charge in [-0.3, -0.25) is 4.79 Å². The number of aryl methyl sites for hydroxylation is 2. The summed E-state index contributed by atoms with van der Waals surface area (Å²) < 4.78 is 10.9. The fourth-order valence-electron chi connectivity index (χ4n) is 2.48. The highest BCUT2D eigenvalue weighted by molar-refractivity contribution is 7.10. The van der Waals surface area contributed by atoms with Crippen LogP contribution in [0.5, 0.6) is 5.75 Å². The van der Waals surface area contributed by atoms with Gasteiger partial charge in [0.1, 0.15) is 18.1 Å². The summed E-state index contributed by atoms with van der Waals surface area (Å²) >= 11 is 1.63. The van der Waals surface area contributed by atoms with Crippen molar-refractivity contribution in [1.29, 1.82) is 0 Å². The molecule has 130 valence electrons. The average molecular weight is 356 g/mol. The van der Waals surface area contributed by atoms with Gasteiger partial charge >= 0.3 is 0 Å². The van der Waals surface area contributed by atoms with E-state index in [1.165, 1.54) is 0 Å². The van der Waals surface area contributed by atoms with Crippen LogP contribution >= 0.6 is 11.3 Å². The molecule has 2 heterocycles. The van der Waals surface area contributed by atoms with Crippen molar-refractivity contribution in [2.75, 3.05) is 0 Å². The molecule has 0 saturated carbocycles. The Morgan fingerprint density at radius 3 is 2.84 bits per heavy atom. The van der Waals surface area contributed by atoms with Crippen LogP contribution < -0.4 is 10.1 Å². The minimum Gasteiger partial charge on any atom is -0.489 e. The van der Waals surface area contributed by atoms with E-state index >= 15 is 0 Å². The van der Waals surface area contributed by atoms with Gasteiger partial charge < -0.3 is 14.6 Å². The van der Waals surface area contributed by atoms with E-state index in [1.807, 2.05) is 50.4 Å². The molecule has 0 aliphatic rings. The minimum absolute atomic E-state index is 0.0284. The third kappa shape index (κ3) is 4.09. The SMILES string of the molecule is Cc1noc(C)c1COc1cccc(C(=O)N[C@@H](C)c2cccs2)c1. The molecule has 0 saturated heterocycles. The second-order valence-corrected chi connectivity index (χ2v) is 6.81. The summed E-state index contributed by atoms with van der Waals surface area (Å²) in [6, 6.07) is 11.1. The number of thiophene rings is 1. The molecular formula is C19H20N2O3S. The normalized spacial score (nSPS) is 12.0. The maximum atomic E-state index is 12.5. The number of nitrogens with zero attached hydrogens (tertiary/aromatic N) is 1. The van der Waals surface area contributed by atoms with Gasteiger partial charge in [-0.25, -0.2) is 0 Å².